The first-order chi connectivity index (χ1) is 18.8. The largest absolute Gasteiger partial charge is 0.362 e. The van der Waals surface area contributed by atoms with Crippen molar-refractivity contribution < 1.29 is 0 Å². The molecule has 3 aromatic carbocycles. The van der Waals surface area contributed by atoms with Gasteiger partial charge in [0.25, 0.3) is 0 Å². The van der Waals surface area contributed by atoms with Gasteiger partial charge in [-0.3, -0.25) is 0 Å². The van der Waals surface area contributed by atoms with Gasteiger partial charge in [-0.05, 0) is 85.7 Å². The predicted octanol–water partition coefficient (Wildman–Crippen LogP) is 8.55. The highest BCUT2D eigenvalue weighted by Crippen LogP contribution is 2.29. The molecule has 0 amide bonds. The van der Waals surface area contributed by atoms with Crippen molar-refractivity contribution in [2.75, 3.05) is 32.1 Å². The van der Waals surface area contributed by atoms with E-state index in [2.05, 4.69) is 46.5 Å². The van der Waals surface area contributed by atoms with Crippen LogP contribution in [0.2, 0.25) is 10.0 Å². The quantitative estimate of drug-likeness (QED) is 0.245. The van der Waals surface area contributed by atoms with Crippen LogP contribution in [0.1, 0.15) is 55.5 Å². The summed E-state index contributed by atoms with van der Waals surface area (Å²) in [6.45, 7) is 6.35. The molecule has 1 aliphatic rings. The summed E-state index contributed by atoms with van der Waals surface area (Å²) in [6, 6.07) is 24.5. The summed E-state index contributed by atoms with van der Waals surface area (Å²) in [6.07, 6.45) is 5.48. The van der Waals surface area contributed by atoms with Crippen LogP contribution in [0.25, 0.3) is 10.9 Å². The number of hydrogen-bond acceptors (Lipinski definition) is 4. The highest BCUT2D eigenvalue weighted by Gasteiger charge is 2.19. The van der Waals surface area contributed by atoms with E-state index in [0.717, 1.165) is 57.5 Å². The molecule has 0 unspecified atom stereocenters. The van der Waals surface area contributed by atoms with Gasteiger partial charge in [0, 0.05) is 42.0 Å². The smallest absolute Gasteiger partial charge is 0.139 e. The molecule has 5 rings (SSSR count). The van der Waals surface area contributed by atoms with Crippen LogP contribution in [-0.2, 0) is 0 Å². The van der Waals surface area contributed by atoms with Gasteiger partial charge in [-0.15, -0.1) is 0 Å². The van der Waals surface area contributed by atoms with Crippen molar-refractivity contribution in [1.82, 2.24) is 15.3 Å². The fourth-order valence-electron chi connectivity index (χ4n) is 5.30. The second-order valence-electron chi connectivity index (χ2n) is 10.9. The molecule has 0 spiro atoms. The molecule has 1 N–H and O–H groups in total. The number of halogens is 2. The van der Waals surface area contributed by atoms with E-state index in [0.29, 0.717) is 5.92 Å². The Balaban J connectivity index is 0.000000212. The minimum Gasteiger partial charge on any atom is -0.362 e. The average molecular weight is 564 g/mol. The Hall–Kier alpha value is -2.66. The monoisotopic (exact) mass is 562 g/mol. The number of benzene rings is 3. The van der Waals surface area contributed by atoms with Gasteiger partial charge in [0.05, 0.1) is 5.52 Å². The van der Waals surface area contributed by atoms with E-state index in [4.69, 9.17) is 23.2 Å². The maximum atomic E-state index is 6.07. The fraction of sp³-hybridized carbons (Fsp3) is 0.394. The van der Waals surface area contributed by atoms with E-state index in [-0.39, 0.29) is 0 Å². The molecule has 0 saturated heterocycles. The van der Waals surface area contributed by atoms with Crippen LogP contribution < -0.4 is 10.2 Å². The lowest BCUT2D eigenvalue weighted by Gasteiger charge is -2.27. The molecule has 4 nitrogen and oxygen atoms in total. The van der Waals surface area contributed by atoms with E-state index in [1.54, 1.807) is 0 Å². The zero-order valence-corrected chi connectivity index (χ0v) is 25.0. The van der Waals surface area contributed by atoms with Crippen LogP contribution in [-0.4, -0.2) is 37.2 Å². The molecule has 1 aliphatic carbocycles. The molecule has 1 heterocycles. The van der Waals surface area contributed by atoms with Gasteiger partial charge in [0.2, 0.25) is 0 Å². The Morgan fingerprint density at radius 3 is 1.95 bits per heavy atom. The standard InChI is InChI=1S/C22H27Cl2N.C11H13N3/c1-16-2-4-17(5-3-16)14-25-15-22(18-6-10-20(23)11-7-18)19-8-12-21(24)13-9-19;1-8-12-10-7-5-4-6-9(10)11(13-8)14(2)3/h6-13,16-17,22,25H,2-5,14-15H2,1H3;4-7H,1-3H3. The van der Waals surface area contributed by atoms with Gasteiger partial charge in [-0.2, -0.15) is 0 Å². The summed E-state index contributed by atoms with van der Waals surface area (Å²) in [5.41, 5.74) is 3.58. The number of nitrogens with zero attached hydrogens (tertiary/aromatic N) is 3. The van der Waals surface area contributed by atoms with Crippen LogP contribution in [0.4, 0.5) is 5.82 Å². The van der Waals surface area contributed by atoms with Crippen molar-refractivity contribution in [3.05, 3.63) is 99.8 Å². The summed E-state index contributed by atoms with van der Waals surface area (Å²) in [5.74, 6) is 3.84. The first kappa shape index (κ1) is 29.3. The van der Waals surface area contributed by atoms with Gasteiger partial charge < -0.3 is 10.2 Å². The number of fused-ring (bicyclic) bond motifs is 1. The molecule has 0 bridgehead atoms. The van der Waals surface area contributed by atoms with Crippen LogP contribution >= 0.6 is 23.2 Å². The number of nitrogens with one attached hydrogen (secondary N) is 1. The van der Waals surface area contributed by atoms with E-state index < -0.39 is 0 Å². The molecular weight excluding hydrogens is 523 g/mol. The van der Waals surface area contributed by atoms with Crippen molar-refractivity contribution in [2.45, 2.75) is 45.4 Å². The molecule has 0 atom stereocenters. The van der Waals surface area contributed by atoms with Crippen molar-refractivity contribution in [3.8, 4) is 0 Å². The van der Waals surface area contributed by atoms with Crippen LogP contribution in [0, 0.1) is 18.8 Å². The minimum atomic E-state index is 0.317. The van der Waals surface area contributed by atoms with Crippen LogP contribution in [0.15, 0.2) is 72.8 Å². The number of aryl methyl sites for hydroxylation is 1. The molecule has 6 heteroatoms. The topological polar surface area (TPSA) is 41.1 Å². The molecule has 1 saturated carbocycles. The molecule has 1 aromatic heterocycles. The summed E-state index contributed by atoms with van der Waals surface area (Å²) in [5, 5.41) is 6.39. The Labute approximate surface area is 243 Å². The van der Waals surface area contributed by atoms with Crippen LogP contribution in [0.5, 0.6) is 0 Å². The third-order valence-electron chi connectivity index (χ3n) is 7.58. The molecule has 0 radical (unpaired) electrons. The number of aromatic nitrogens is 2. The van der Waals surface area contributed by atoms with Crippen LogP contribution in [0.3, 0.4) is 0 Å². The lowest BCUT2D eigenvalue weighted by Crippen LogP contribution is -2.29. The zero-order chi connectivity index (χ0) is 27.8. The molecule has 1 fully saturated rings. The lowest BCUT2D eigenvalue weighted by molar-refractivity contribution is 0.281. The molecule has 4 aromatic rings. The molecular formula is C33H40Cl2N4. The van der Waals surface area contributed by atoms with Gasteiger partial charge in [-0.25, -0.2) is 9.97 Å². The Kier molecular flexibility index (Phi) is 10.6. The molecule has 206 valence electrons. The van der Waals surface area contributed by atoms with Crippen molar-refractivity contribution in [1.29, 1.82) is 0 Å². The van der Waals surface area contributed by atoms with E-state index >= 15 is 0 Å². The number of rotatable bonds is 7. The Morgan fingerprint density at radius 2 is 1.38 bits per heavy atom. The Morgan fingerprint density at radius 1 is 0.821 bits per heavy atom. The van der Waals surface area contributed by atoms with Crippen molar-refractivity contribution in [2.24, 2.45) is 11.8 Å². The van der Waals surface area contributed by atoms with Gasteiger partial charge in [0.1, 0.15) is 11.6 Å². The molecule has 39 heavy (non-hydrogen) atoms. The average Bonchev–Trinajstić information content (AvgIpc) is 2.93. The summed E-state index contributed by atoms with van der Waals surface area (Å²) in [7, 11) is 3.99. The number of anilines is 1. The second-order valence-corrected chi connectivity index (χ2v) is 11.8. The summed E-state index contributed by atoms with van der Waals surface area (Å²) >= 11 is 12.1. The summed E-state index contributed by atoms with van der Waals surface area (Å²) < 4.78 is 0. The van der Waals surface area contributed by atoms with E-state index in [1.165, 1.54) is 36.8 Å². The first-order valence-corrected chi connectivity index (χ1v) is 14.7. The van der Waals surface area contributed by atoms with E-state index in [1.807, 2.05) is 74.4 Å². The van der Waals surface area contributed by atoms with Crippen molar-refractivity contribution in [3.63, 3.8) is 0 Å². The number of hydrogen-bond donors (Lipinski definition) is 1. The van der Waals surface area contributed by atoms with Crippen molar-refractivity contribution >= 4 is 39.9 Å². The molecule has 0 aliphatic heterocycles. The predicted molar refractivity (Wildman–Crippen MR) is 167 cm³/mol. The van der Waals surface area contributed by atoms with Gasteiger partial charge in [0.15, 0.2) is 0 Å². The maximum Gasteiger partial charge on any atom is 0.139 e. The highest BCUT2D eigenvalue weighted by atomic mass is 35.5. The third kappa shape index (κ3) is 8.41. The number of para-hydroxylation sites is 1. The normalized spacial score (nSPS) is 17.1. The zero-order valence-electron chi connectivity index (χ0n) is 23.5. The summed E-state index contributed by atoms with van der Waals surface area (Å²) in [4.78, 5) is 10.8. The minimum absolute atomic E-state index is 0.317. The highest BCUT2D eigenvalue weighted by molar-refractivity contribution is 6.30. The SMILES string of the molecule is CC1CCC(CNCC(c2ccc(Cl)cc2)c2ccc(Cl)cc2)CC1.Cc1nc(N(C)C)c2ccccc2n1. The Bertz CT molecular complexity index is 1270. The van der Waals surface area contributed by atoms with Gasteiger partial charge in [-0.1, -0.05) is 79.4 Å². The van der Waals surface area contributed by atoms with E-state index in [9.17, 15) is 0 Å². The van der Waals surface area contributed by atoms with Gasteiger partial charge >= 0.3 is 0 Å². The first-order valence-electron chi connectivity index (χ1n) is 13.9. The lowest BCUT2D eigenvalue weighted by atomic mass is 9.83. The maximum absolute atomic E-state index is 6.07. The second kappa shape index (κ2) is 14.1. The third-order valence-corrected chi connectivity index (χ3v) is 8.08. The fourth-order valence-corrected chi connectivity index (χ4v) is 5.55.